The van der Waals surface area contributed by atoms with E-state index in [1.807, 2.05) is 13.8 Å². The number of nitrogens with one attached hydrogen (secondary N) is 1. The van der Waals surface area contributed by atoms with Crippen LogP contribution < -0.4 is 10.1 Å². The van der Waals surface area contributed by atoms with E-state index in [4.69, 9.17) is 21.1 Å². The Morgan fingerprint density at radius 3 is 2.68 bits per heavy atom. The largest absolute Gasteiger partial charge is 0.482 e. The van der Waals surface area contributed by atoms with Crippen molar-refractivity contribution < 1.29 is 19.1 Å². The van der Waals surface area contributed by atoms with Crippen molar-refractivity contribution in [2.45, 2.75) is 20.8 Å². The molecule has 134 valence electrons. The number of halogens is 2. The molecule has 1 amide bonds. The van der Waals surface area contributed by atoms with Crippen molar-refractivity contribution in [3.8, 4) is 5.75 Å². The molecule has 0 unspecified atom stereocenters. The summed E-state index contributed by atoms with van der Waals surface area (Å²) in [5, 5.41) is 3.58. The predicted octanol–water partition coefficient (Wildman–Crippen LogP) is 4.98. The van der Waals surface area contributed by atoms with Crippen LogP contribution in [0.1, 0.15) is 27.7 Å². The molecular weight excluding hydrogens is 430 g/mol. The second-order valence-electron chi connectivity index (χ2n) is 5.12. The molecule has 0 aliphatic carbocycles. The number of ether oxygens (including phenoxy) is 2. The summed E-state index contributed by atoms with van der Waals surface area (Å²) in [6.07, 6.45) is 0. The Morgan fingerprint density at radius 1 is 1.32 bits per heavy atom. The molecule has 1 aromatic heterocycles. The molecule has 0 bridgehead atoms. The smallest absolute Gasteiger partial charge is 0.341 e. The van der Waals surface area contributed by atoms with E-state index in [0.29, 0.717) is 21.3 Å². The van der Waals surface area contributed by atoms with E-state index in [9.17, 15) is 9.59 Å². The fraction of sp³-hybridized carbons (Fsp3) is 0.294. The number of thiophene rings is 1. The van der Waals surface area contributed by atoms with E-state index in [0.717, 1.165) is 14.9 Å². The number of hydrogen-bond acceptors (Lipinski definition) is 5. The summed E-state index contributed by atoms with van der Waals surface area (Å²) in [7, 11) is 0. The number of aryl methyl sites for hydroxylation is 1. The molecule has 0 saturated heterocycles. The van der Waals surface area contributed by atoms with Crippen LogP contribution in [-0.2, 0) is 9.53 Å². The maximum atomic E-state index is 12.2. The number of carbonyl (C=O) groups is 2. The van der Waals surface area contributed by atoms with Gasteiger partial charge in [-0.15, -0.1) is 11.3 Å². The van der Waals surface area contributed by atoms with Gasteiger partial charge in [0, 0.05) is 9.35 Å². The van der Waals surface area contributed by atoms with Gasteiger partial charge < -0.3 is 14.8 Å². The molecule has 0 saturated carbocycles. The van der Waals surface area contributed by atoms with Crippen molar-refractivity contribution in [3.05, 3.63) is 43.7 Å². The lowest BCUT2D eigenvalue weighted by atomic mass is 10.1. The third kappa shape index (κ3) is 4.96. The molecular formula is C17H17BrClNO4S. The first-order chi connectivity index (χ1) is 11.8. The lowest BCUT2D eigenvalue weighted by molar-refractivity contribution is -0.118. The zero-order valence-electron chi connectivity index (χ0n) is 13.9. The van der Waals surface area contributed by atoms with Gasteiger partial charge >= 0.3 is 5.97 Å². The number of anilines is 1. The molecule has 0 radical (unpaired) electrons. The van der Waals surface area contributed by atoms with Crippen LogP contribution in [0.2, 0.25) is 5.02 Å². The summed E-state index contributed by atoms with van der Waals surface area (Å²) < 4.78 is 11.3. The normalized spacial score (nSPS) is 10.4. The van der Waals surface area contributed by atoms with Crippen LogP contribution in [0.4, 0.5) is 5.00 Å². The lowest BCUT2D eigenvalue weighted by Crippen LogP contribution is -2.21. The van der Waals surface area contributed by atoms with E-state index in [1.54, 1.807) is 25.1 Å². The van der Waals surface area contributed by atoms with Gasteiger partial charge in [0.1, 0.15) is 10.8 Å². The minimum Gasteiger partial charge on any atom is -0.482 e. The van der Waals surface area contributed by atoms with E-state index in [2.05, 4.69) is 21.2 Å². The van der Waals surface area contributed by atoms with Crippen molar-refractivity contribution >= 4 is 55.7 Å². The molecule has 2 aromatic rings. The van der Waals surface area contributed by atoms with Crippen molar-refractivity contribution in [1.82, 2.24) is 0 Å². The zero-order valence-corrected chi connectivity index (χ0v) is 17.1. The van der Waals surface area contributed by atoms with Crippen LogP contribution in [-0.4, -0.2) is 25.1 Å². The van der Waals surface area contributed by atoms with Gasteiger partial charge in [-0.1, -0.05) is 27.5 Å². The molecule has 5 nitrogen and oxygen atoms in total. The van der Waals surface area contributed by atoms with Crippen LogP contribution in [0.15, 0.2) is 22.7 Å². The van der Waals surface area contributed by atoms with Crippen molar-refractivity contribution in [3.63, 3.8) is 0 Å². The quantitative estimate of drug-likeness (QED) is 0.636. The van der Waals surface area contributed by atoms with Crippen LogP contribution in [0.3, 0.4) is 0 Å². The fourth-order valence-corrected chi connectivity index (χ4v) is 3.86. The second-order valence-corrected chi connectivity index (χ2v) is 7.67. The third-order valence-electron chi connectivity index (χ3n) is 3.37. The molecule has 0 aliphatic heterocycles. The molecule has 1 N–H and O–H groups in total. The van der Waals surface area contributed by atoms with E-state index in [-0.39, 0.29) is 19.1 Å². The highest BCUT2D eigenvalue weighted by Gasteiger charge is 2.22. The van der Waals surface area contributed by atoms with Crippen molar-refractivity contribution in [2.24, 2.45) is 0 Å². The fourth-order valence-electron chi connectivity index (χ4n) is 2.06. The third-order valence-corrected chi connectivity index (χ3v) is 5.28. The summed E-state index contributed by atoms with van der Waals surface area (Å²) in [6, 6.07) is 5.12. The maximum Gasteiger partial charge on any atom is 0.341 e. The number of carbonyl (C=O) groups excluding carboxylic acids is 2. The van der Waals surface area contributed by atoms with Crippen LogP contribution in [0.5, 0.6) is 5.75 Å². The Morgan fingerprint density at radius 2 is 2.04 bits per heavy atom. The Bertz CT molecular complexity index is 806. The van der Waals surface area contributed by atoms with Crippen LogP contribution >= 0.6 is 38.9 Å². The highest BCUT2D eigenvalue weighted by atomic mass is 79.9. The Kier molecular flexibility index (Phi) is 6.87. The standard InChI is InChI=1S/C17H17BrClNO4S/c1-4-23-17(22)15-9(2)10(3)25-16(15)20-14(21)8-24-13-6-5-11(18)7-12(13)19/h5-7H,4,8H2,1-3H3,(H,20,21). The SMILES string of the molecule is CCOC(=O)c1c(NC(=O)COc2ccc(Br)cc2Cl)sc(C)c1C. The average Bonchev–Trinajstić information content (AvgIpc) is 2.81. The highest BCUT2D eigenvalue weighted by Crippen LogP contribution is 2.33. The predicted molar refractivity (Wildman–Crippen MR) is 103 cm³/mol. The number of esters is 1. The molecule has 0 aliphatic rings. The first kappa shape index (κ1) is 19.8. The molecule has 8 heteroatoms. The van der Waals surface area contributed by atoms with Crippen molar-refractivity contribution in [2.75, 3.05) is 18.5 Å². The van der Waals surface area contributed by atoms with E-state index in [1.165, 1.54) is 11.3 Å². The van der Waals surface area contributed by atoms with Gasteiger partial charge in [-0.3, -0.25) is 4.79 Å². The van der Waals surface area contributed by atoms with Crippen molar-refractivity contribution in [1.29, 1.82) is 0 Å². The molecule has 0 fully saturated rings. The minimum absolute atomic E-state index is 0.223. The Hall–Kier alpha value is -1.57. The first-order valence-electron chi connectivity index (χ1n) is 7.48. The molecule has 0 atom stereocenters. The van der Waals surface area contributed by atoms with Gasteiger partial charge in [-0.2, -0.15) is 0 Å². The molecule has 25 heavy (non-hydrogen) atoms. The lowest BCUT2D eigenvalue weighted by Gasteiger charge is -2.09. The average molecular weight is 447 g/mol. The topological polar surface area (TPSA) is 64.6 Å². The number of amides is 1. The number of hydrogen-bond donors (Lipinski definition) is 1. The Labute approximate surface area is 163 Å². The van der Waals surface area contributed by atoms with E-state index >= 15 is 0 Å². The zero-order chi connectivity index (χ0) is 18.6. The first-order valence-corrected chi connectivity index (χ1v) is 9.47. The number of benzene rings is 1. The monoisotopic (exact) mass is 445 g/mol. The van der Waals surface area contributed by atoms with E-state index < -0.39 is 5.97 Å². The summed E-state index contributed by atoms with van der Waals surface area (Å²) in [5.74, 6) is -0.425. The minimum atomic E-state index is -0.448. The van der Waals surface area contributed by atoms with Gasteiger partial charge in [0.15, 0.2) is 6.61 Å². The molecule has 0 spiro atoms. The molecule has 2 rings (SSSR count). The summed E-state index contributed by atoms with van der Waals surface area (Å²) in [4.78, 5) is 25.2. The van der Waals surface area contributed by atoms with Gasteiger partial charge in [0.25, 0.3) is 5.91 Å². The van der Waals surface area contributed by atoms with Gasteiger partial charge in [0.2, 0.25) is 0 Å². The van der Waals surface area contributed by atoms with Gasteiger partial charge in [-0.05, 0) is 44.5 Å². The Balaban J connectivity index is 2.08. The summed E-state index contributed by atoms with van der Waals surface area (Å²) in [5.41, 5.74) is 1.19. The maximum absolute atomic E-state index is 12.2. The van der Waals surface area contributed by atoms with Crippen LogP contribution in [0, 0.1) is 13.8 Å². The summed E-state index contributed by atoms with van der Waals surface area (Å²) in [6.45, 7) is 5.49. The van der Waals surface area contributed by atoms with Gasteiger partial charge in [0.05, 0.1) is 17.2 Å². The summed E-state index contributed by atoms with van der Waals surface area (Å²) >= 11 is 10.7. The van der Waals surface area contributed by atoms with Crippen LogP contribution in [0.25, 0.3) is 0 Å². The highest BCUT2D eigenvalue weighted by molar-refractivity contribution is 9.10. The second kappa shape index (κ2) is 8.69. The molecule has 1 heterocycles. The molecule has 1 aromatic carbocycles. The van der Waals surface area contributed by atoms with Gasteiger partial charge in [-0.25, -0.2) is 4.79 Å². The number of rotatable bonds is 6.